The van der Waals surface area contributed by atoms with E-state index in [0.29, 0.717) is 0 Å². The second-order valence-corrected chi connectivity index (χ2v) is 7.33. The number of hydrogen-bond acceptors (Lipinski definition) is 2. The predicted octanol–water partition coefficient (Wildman–Crippen LogP) is 4.24. The molecule has 0 aromatic heterocycles. The Labute approximate surface area is 157 Å². The average molecular weight is 380 g/mol. The fourth-order valence-electron chi connectivity index (χ4n) is 2.26. The smallest absolute Gasteiger partial charge is 0.450 e. The number of benzene rings is 3. The Morgan fingerprint density at radius 1 is 0.556 bits per heavy atom. The van der Waals surface area contributed by atoms with Gasteiger partial charge in [-0.15, -0.1) is 0 Å². The zero-order valence-corrected chi connectivity index (χ0v) is 15.1. The van der Waals surface area contributed by atoms with Crippen molar-refractivity contribution in [1.82, 2.24) is 0 Å². The summed E-state index contributed by atoms with van der Waals surface area (Å²) in [5.74, 6) is 0. The number of carboxylic acid groups (broad SMARTS) is 2. The van der Waals surface area contributed by atoms with E-state index >= 15 is 0 Å². The minimum absolute atomic E-state index is 0.446. The number of nitrogens with zero attached hydrogens (tertiary/aromatic N) is 2. The predicted molar refractivity (Wildman–Crippen MR) is 106 cm³/mol. The van der Waals surface area contributed by atoms with Crippen LogP contribution in [-0.2, 0) is 0 Å². The second-order valence-electron chi connectivity index (χ2n) is 5.11. The van der Waals surface area contributed by atoms with Crippen LogP contribution in [0.15, 0.2) is 101 Å². The highest BCUT2D eigenvalue weighted by atomic mass is 31.1. The summed E-state index contributed by atoms with van der Waals surface area (Å²) in [5.41, 5.74) is 0. The van der Waals surface area contributed by atoms with E-state index in [1.807, 2.05) is 0 Å². The average Bonchev–Trinajstić information content (AvgIpc) is 2.70. The third-order valence-corrected chi connectivity index (χ3v) is 5.71. The summed E-state index contributed by atoms with van der Waals surface area (Å²) >= 11 is 0. The molecule has 0 aliphatic carbocycles. The fraction of sp³-hybridized carbons (Fsp3) is 0. The van der Waals surface area contributed by atoms with Crippen LogP contribution >= 0.6 is 7.92 Å². The van der Waals surface area contributed by atoms with Gasteiger partial charge in [-0.1, -0.05) is 101 Å². The molecule has 0 saturated carbocycles. The molecule has 0 atom stereocenters. The molecular weight excluding hydrogens is 363 g/mol. The SMILES string of the molecule is O=C(O)N=NC(=O)O.c1ccc(P(c2ccccc2)c2ccccc2)cc1. The molecule has 3 aromatic carbocycles. The first-order valence-electron chi connectivity index (χ1n) is 7.91. The summed E-state index contributed by atoms with van der Waals surface area (Å²) in [7, 11) is -0.446. The number of rotatable bonds is 3. The van der Waals surface area contributed by atoms with Gasteiger partial charge in [0, 0.05) is 0 Å². The van der Waals surface area contributed by atoms with Crippen molar-refractivity contribution < 1.29 is 19.8 Å². The van der Waals surface area contributed by atoms with Crippen molar-refractivity contribution >= 4 is 36.0 Å². The zero-order valence-electron chi connectivity index (χ0n) is 14.2. The van der Waals surface area contributed by atoms with Gasteiger partial charge in [-0.2, -0.15) is 0 Å². The van der Waals surface area contributed by atoms with E-state index < -0.39 is 20.1 Å². The van der Waals surface area contributed by atoms with Crippen molar-refractivity contribution in [3.63, 3.8) is 0 Å². The highest BCUT2D eigenvalue weighted by molar-refractivity contribution is 7.79. The van der Waals surface area contributed by atoms with Gasteiger partial charge in [-0.25, -0.2) is 9.59 Å². The van der Waals surface area contributed by atoms with Gasteiger partial charge in [-0.05, 0) is 23.8 Å². The van der Waals surface area contributed by atoms with Gasteiger partial charge >= 0.3 is 12.2 Å². The molecule has 7 heteroatoms. The maximum Gasteiger partial charge on any atom is 0.450 e. The van der Waals surface area contributed by atoms with Crippen LogP contribution in [0.5, 0.6) is 0 Å². The van der Waals surface area contributed by atoms with Gasteiger partial charge in [0.05, 0.1) is 0 Å². The summed E-state index contributed by atoms with van der Waals surface area (Å²) in [6, 6.07) is 32.3. The Balaban J connectivity index is 0.000000279. The molecule has 2 N–H and O–H groups in total. The standard InChI is InChI=1S/C18H15P.C2H2N2O4/c1-4-10-16(11-5-1)19(17-12-6-2-7-13-17)18-14-8-3-9-15-18;5-1(6)3-4-2(7)8/h1-15H;(H,5,6)(H,7,8). The first-order valence-corrected chi connectivity index (χ1v) is 9.25. The molecule has 3 rings (SSSR count). The van der Waals surface area contributed by atoms with E-state index in [1.54, 1.807) is 0 Å². The summed E-state index contributed by atoms with van der Waals surface area (Å²) in [6.07, 6.45) is -3.24. The van der Waals surface area contributed by atoms with Crippen molar-refractivity contribution in [2.45, 2.75) is 0 Å². The number of azo groups is 1. The summed E-state index contributed by atoms with van der Waals surface area (Å²) in [6.45, 7) is 0. The third-order valence-electron chi connectivity index (χ3n) is 3.26. The molecule has 0 radical (unpaired) electrons. The monoisotopic (exact) mass is 380 g/mol. The number of amides is 2. The first kappa shape index (κ1) is 19.9. The van der Waals surface area contributed by atoms with Crippen LogP contribution in [-0.4, -0.2) is 22.4 Å². The maximum absolute atomic E-state index is 9.38. The normalized spacial score (nSPS) is 10.3. The second kappa shape index (κ2) is 10.6. The van der Waals surface area contributed by atoms with Gasteiger partial charge in [0.1, 0.15) is 0 Å². The Morgan fingerprint density at radius 3 is 1.04 bits per heavy atom. The Hall–Kier alpha value is -3.37. The molecule has 2 amide bonds. The lowest BCUT2D eigenvalue weighted by atomic mass is 10.4. The van der Waals surface area contributed by atoms with E-state index in [1.165, 1.54) is 15.9 Å². The summed E-state index contributed by atoms with van der Waals surface area (Å²) in [4.78, 5) is 18.8. The van der Waals surface area contributed by atoms with Gasteiger partial charge in [0.15, 0.2) is 0 Å². The molecule has 6 nitrogen and oxygen atoms in total. The van der Waals surface area contributed by atoms with Crippen molar-refractivity contribution in [3.8, 4) is 0 Å². The summed E-state index contributed by atoms with van der Waals surface area (Å²) < 4.78 is 0. The molecule has 0 saturated heterocycles. The van der Waals surface area contributed by atoms with Gasteiger partial charge in [0.25, 0.3) is 0 Å². The van der Waals surface area contributed by atoms with Crippen LogP contribution in [0.2, 0.25) is 0 Å². The van der Waals surface area contributed by atoms with Gasteiger partial charge < -0.3 is 10.2 Å². The summed E-state index contributed by atoms with van der Waals surface area (Å²) in [5, 5.41) is 24.0. The van der Waals surface area contributed by atoms with E-state index in [2.05, 4.69) is 101 Å². The van der Waals surface area contributed by atoms with E-state index in [9.17, 15) is 9.59 Å². The molecule has 0 heterocycles. The van der Waals surface area contributed by atoms with E-state index in [0.717, 1.165) is 0 Å². The first-order chi connectivity index (χ1) is 13.1. The molecule has 0 bridgehead atoms. The molecule has 3 aromatic rings. The molecule has 0 unspecified atom stereocenters. The van der Waals surface area contributed by atoms with E-state index in [4.69, 9.17) is 10.2 Å². The minimum atomic E-state index is -1.62. The lowest BCUT2D eigenvalue weighted by Gasteiger charge is -2.18. The molecule has 0 fully saturated rings. The van der Waals surface area contributed by atoms with Crippen LogP contribution in [0, 0.1) is 0 Å². The van der Waals surface area contributed by atoms with Crippen LogP contribution in [0.3, 0.4) is 0 Å². The van der Waals surface area contributed by atoms with Crippen molar-refractivity contribution in [3.05, 3.63) is 91.0 Å². The minimum Gasteiger partial charge on any atom is -0.462 e. The third kappa shape index (κ3) is 6.80. The Bertz CT molecular complexity index is 778. The molecule has 0 aliphatic heterocycles. The zero-order chi connectivity index (χ0) is 19.5. The maximum atomic E-state index is 9.38. The van der Waals surface area contributed by atoms with Gasteiger partial charge in [-0.3, -0.25) is 0 Å². The van der Waals surface area contributed by atoms with Crippen molar-refractivity contribution in [2.75, 3.05) is 0 Å². The van der Waals surface area contributed by atoms with E-state index in [-0.39, 0.29) is 0 Å². The Morgan fingerprint density at radius 2 is 0.815 bits per heavy atom. The number of hydrogen-bond donors (Lipinski definition) is 2. The number of carbonyl (C=O) groups is 2. The highest BCUT2D eigenvalue weighted by Gasteiger charge is 2.14. The van der Waals surface area contributed by atoms with Gasteiger partial charge in [0.2, 0.25) is 0 Å². The largest absolute Gasteiger partial charge is 0.462 e. The van der Waals surface area contributed by atoms with Crippen LogP contribution in [0.1, 0.15) is 0 Å². The molecule has 27 heavy (non-hydrogen) atoms. The fourth-order valence-corrected chi connectivity index (χ4v) is 4.57. The van der Waals surface area contributed by atoms with Crippen molar-refractivity contribution in [1.29, 1.82) is 0 Å². The van der Waals surface area contributed by atoms with Crippen LogP contribution in [0.25, 0.3) is 0 Å². The van der Waals surface area contributed by atoms with Crippen molar-refractivity contribution in [2.24, 2.45) is 10.2 Å². The molecular formula is C20H17N2O4P. The lowest BCUT2D eigenvalue weighted by Crippen LogP contribution is -2.20. The molecule has 0 spiro atoms. The lowest BCUT2D eigenvalue weighted by molar-refractivity contribution is 0.194. The Kier molecular flexibility index (Phi) is 7.82. The highest BCUT2D eigenvalue weighted by Crippen LogP contribution is 2.32. The molecule has 0 aliphatic rings. The topological polar surface area (TPSA) is 99.3 Å². The quantitative estimate of drug-likeness (QED) is 0.524. The molecule has 136 valence electrons. The van der Waals surface area contributed by atoms with Crippen LogP contribution < -0.4 is 15.9 Å². The van der Waals surface area contributed by atoms with Crippen LogP contribution in [0.4, 0.5) is 9.59 Å².